The van der Waals surface area contributed by atoms with E-state index in [-0.39, 0.29) is 11.9 Å². The Labute approximate surface area is 105 Å². The van der Waals surface area contributed by atoms with Gasteiger partial charge in [0.25, 0.3) is 0 Å². The van der Waals surface area contributed by atoms with Gasteiger partial charge in [-0.05, 0) is 48.2 Å². The second-order valence-electron chi connectivity index (χ2n) is 4.17. The number of benzene rings is 1. The van der Waals surface area contributed by atoms with E-state index in [1.54, 1.807) is 18.5 Å². The normalized spacial score (nSPS) is 12.4. The number of hydrogen-bond donors (Lipinski definition) is 2. The third-order valence-electron chi connectivity index (χ3n) is 2.94. The van der Waals surface area contributed by atoms with Crippen molar-refractivity contribution in [3.05, 3.63) is 59.2 Å². The number of hydrazine groups is 1. The molecule has 0 fully saturated rings. The molecule has 1 atom stereocenters. The molecular weight excluding hydrogens is 231 g/mol. The summed E-state index contributed by atoms with van der Waals surface area (Å²) in [5.41, 5.74) is 5.67. The maximum absolute atomic E-state index is 13.0. The summed E-state index contributed by atoms with van der Waals surface area (Å²) >= 11 is 0. The lowest BCUT2D eigenvalue weighted by Crippen LogP contribution is -2.29. The zero-order valence-electron chi connectivity index (χ0n) is 10.1. The van der Waals surface area contributed by atoms with Gasteiger partial charge in [-0.3, -0.25) is 11.3 Å². The van der Waals surface area contributed by atoms with E-state index in [2.05, 4.69) is 15.6 Å². The highest BCUT2D eigenvalue weighted by Crippen LogP contribution is 2.19. The van der Waals surface area contributed by atoms with Crippen LogP contribution in [0.1, 0.15) is 22.7 Å². The van der Waals surface area contributed by atoms with Gasteiger partial charge in [-0.1, -0.05) is 6.07 Å². The average Bonchev–Trinajstić information content (AvgIpc) is 2.39. The molecule has 3 N–H and O–H groups in total. The molecule has 0 bridgehead atoms. The summed E-state index contributed by atoms with van der Waals surface area (Å²) in [6.45, 7) is 1.89. The molecule has 2 rings (SSSR count). The van der Waals surface area contributed by atoms with Gasteiger partial charge in [0.1, 0.15) is 5.82 Å². The Kier molecular flexibility index (Phi) is 3.96. The Morgan fingerprint density at radius 2 is 2.17 bits per heavy atom. The average molecular weight is 246 g/mol. The summed E-state index contributed by atoms with van der Waals surface area (Å²) in [5.74, 6) is 5.34. The van der Waals surface area contributed by atoms with Crippen LogP contribution in [0.15, 0.2) is 36.7 Å². The topological polar surface area (TPSA) is 63.8 Å². The first-order chi connectivity index (χ1) is 8.70. The van der Waals surface area contributed by atoms with E-state index < -0.39 is 0 Å². The molecule has 1 aromatic heterocycles. The number of aromatic nitrogens is 2. The smallest absolute Gasteiger partial charge is 0.123 e. The van der Waals surface area contributed by atoms with E-state index >= 15 is 0 Å². The van der Waals surface area contributed by atoms with Crippen LogP contribution >= 0.6 is 0 Å². The van der Waals surface area contributed by atoms with Gasteiger partial charge in [-0.25, -0.2) is 4.39 Å². The van der Waals surface area contributed by atoms with E-state index in [1.807, 2.05) is 13.0 Å². The lowest BCUT2D eigenvalue weighted by atomic mass is 9.98. The Morgan fingerprint density at radius 3 is 2.78 bits per heavy atom. The third kappa shape index (κ3) is 2.88. The molecule has 2 aromatic rings. The first-order valence-corrected chi connectivity index (χ1v) is 5.68. The standard InChI is InChI=1S/C13H15FN4/c1-9-6-12(14)3-2-10(9)7-13(18-15)11-4-5-16-17-8-11/h2-6,8,13,18H,7,15H2,1H3. The fourth-order valence-electron chi connectivity index (χ4n) is 1.89. The molecule has 1 heterocycles. The number of hydrogen-bond acceptors (Lipinski definition) is 4. The molecule has 0 aliphatic heterocycles. The minimum atomic E-state index is -0.223. The molecule has 0 spiro atoms. The van der Waals surface area contributed by atoms with Crippen LogP contribution in [0.25, 0.3) is 0 Å². The van der Waals surface area contributed by atoms with E-state index in [1.165, 1.54) is 12.1 Å². The molecule has 0 saturated carbocycles. The van der Waals surface area contributed by atoms with Crippen molar-refractivity contribution in [1.82, 2.24) is 15.6 Å². The molecule has 18 heavy (non-hydrogen) atoms. The quantitative estimate of drug-likeness (QED) is 0.636. The van der Waals surface area contributed by atoms with Gasteiger partial charge in [-0.15, -0.1) is 0 Å². The molecule has 1 aromatic carbocycles. The van der Waals surface area contributed by atoms with Crippen molar-refractivity contribution >= 4 is 0 Å². The van der Waals surface area contributed by atoms with Crippen LogP contribution < -0.4 is 11.3 Å². The first-order valence-electron chi connectivity index (χ1n) is 5.68. The van der Waals surface area contributed by atoms with Crippen LogP contribution in [-0.4, -0.2) is 10.2 Å². The number of rotatable bonds is 4. The molecule has 5 heteroatoms. The second-order valence-corrected chi connectivity index (χ2v) is 4.17. The fourth-order valence-corrected chi connectivity index (χ4v) is 1.89. The minimum absolute atomic E-state index is 0.0651. The highest BCUT2D eigenvalue weighted by molar-refractivity contribution is 5.29. The summed E-state index contributed by atoms with van der Waals surface area (Å²) in [6.07, 6.45) is 3.97. The predicted octanol–water partition coefficient (Wildman–Crippen LogP) is 1.67. The summed E-state index contributed by atoms with van der Waals surface area (Å²) < 4.78 is 13.0. The number of aryl methyl sites for hydroxylation is 1. The Hall–Kier alpha value is -1.85. The predicted molar refractivity (Wildman–Crippen MR) is 66.9 cm³/mol. The van der Waals surface area contributed by atoms with Gasteiger partial charge < -0.3 is 0 Å². The van der Waals surface area contributed by atoms with Crippen molar-refractivity contribution in [1.29, 1.82) is 0 Å². The van der Waals surface area contributed by atoms with Crippen LogP contribution in [-0.2, 0) is 6.42 Å². The minimum Gasteiger partial charge on any atom is -0.271 e. The number of nitrogens with one attached hydrogen (secondary N) is 1. The van der Waals surface area contributed by atoms with Crippen molar-refractivity contribution in [3.8, 4) is 0 Å². The lowest BCUT2D eigenvalue weighted by molar-refractivity contribution is 0.546. The highest BCUT2D eigenvalue weighted by atomic mass is 19.1. The number of nitrogens with two attached hydrogens (primary N) is 1. The molecule has 0 saturated heterocycles. The van der Waals surface area contributed by atoms with Crippen molar-refractivity contribution in [3.63, 3.8) is 0 Å². The molecule has 1 unspecified atom stereocenters. The SMILES string of the molecule is Cc1cc(F)ccc1CC(NN)c1ccnnc1. The maximum Gasteiger partial charge on any atom is 0.123 e. The van der Waals surface area contributed by atoms with Gasteiger partial charge in [0.2, 0.25) is 0 Å². The van der Waals surface area contributed by atoms with Crippen molar-refractivity contribution in [2.45, 2.75) is 19.4 Å². The molecule has 94 valence electrons. The molecule has 4 nitrogen and oxygen atoms in total. The lowest BCUT2D eigenvalue weighted by Gasteiger charge is -2.17. The molecule has 0 amide bonds. The van der Waals surface area contributed by atoms with Crippen molar-refractivity contribution < 1.29 is 4.39 Å². The number of nitrogens with zero attached hydrogens (tertiary/aromatic N) is 2. The maximum atomic E-state index is 13.0. The van der Waals surface area contributed by atoms with E-state index in [9.17, 15) is 4.39 Å². The van der Waals surface area contributed by atoms with Crippen LogP contribution in [0.5, 0.6) is 0 Å². The monoisotopic (exact) mass is 246 g/mol. The Morgan fingerprint density at radius 1 is 1.33 bits per heavy atom. The van der Waals surface area contributed by atoms with Crippen molar-refractivity contribution in [2.24, 2.45) is 5.84 Å². The highest BCUT2D eigenvalue weighted by Gasteiger charge is 2.12. The summed E-state index contributed by atoms with van der Waals surface area (Å²) in [6, 6.07) is 6.55. The van der Waals surface area contributed by atoms with Crippen LogP contribution in [0.2, 0.25) is 0 Å². The van der Waals surface area contributed by atoms with Crippen LogP contribution in [0.4, 0.5) is 4.39 Å². The fraction of sp³-hybridized carbons (Fsp3) is 0.231. The van der Waals surface area contributed by atoms with Gasteiger partial charge >= 0.3 is 0 Å². The van der Waals surface area contributed by atoms with Gasteiger partial charge in [0, 0.05) is 6.20 Å². The molecule has 0 radical (unpaired) electrons. The Balaban J connectivity index is 2.21. The Bertz CT molecular complexity index is 516. The van der Waals surface area contributed by atoms with Gasteiger partial charge in [0.15, 0.2) is 0 Å². The number of halogens is 1. The summed E-state index contributed by atoms with van der Waals surface area (Å²) in [7, 11) is 0. The van der Waals surface area contributed by atoms with E-state index in [0.29, 0.717) is 6.42 Å². The van der Waals surface area contributed by atoms with Crippen LogP contribution in [0.3, 0.4) is 0 Å². The zero-order valence-corrected chi connectivity index (χ0v) is 10.1. The summed E-state index contributed by atoms with van der Waals surface area (Å²) in [4.78, 5) is 0. The van der Waals surface area contributed by atoms with Crippen LogP contribution in [0, 0.1) is 12.7 Å². The largest absolute Gasteiger partial charge is 0.271 e. The third-order valence-corrected chi connectivity index (χ3v) is 2.94. The van der Waals surface area contributed by atoms with Crippen molar-refractivity contribution in [2.75, 3.05) is 0 Å². The van der Waals surface area contributed by atoms with E-state index in [4.69, 9.17) is 5.84 Å². The molecule has 0 aliphatic rings. The zero-order chi connectivity index (χ0) is 13.0. The second kappa shape index (κ2) is 5.66. The summed E-state index contributed by atoms with van der Waals surface area (Å²) in [5, 5.41) is 7.56. The van der Waals surface area contributed by atoms with Gasteiger partial charge in [0.05, 0.1) is 12.2 Å². The van der Waals surface area contributed by atoms with E-state index in [0.717, 1.165) is 16.7 Å². The van der Waals surface area contributed by atoms with Gasteiger partial charge in [-0.2, -0.15) is 10.2 Å². The molecular formula is C13H15FN4. The first kappa shape index (κ1) is 12.6. The molecule has 0 aliphatic carbocycles.